The zero-order valence-electron chi connectivity index (χ0n) is 23.9. The summed E-state index contributed by atoms with van der Waals surface area (Å²) in [6, 6.07) is 6.50. The highest BCUT2D eigenvalue weighted by atomic mass is 16.6. The summed E-state index contributed by atoms with van der Waals surface area (Å²) in [4.78, 5) is 45.2. The number of nitrogens with one attached hydrogen (secondary N) is 1. The van der Waals surface area contributed by atoms with E-state index in [-0.39, 0.29) is 42.3 Å². The van der Waals surface area contributed by atoms with Crippen LogP contribution in [0, 0.1) is 11.3 Å². The molecule has 38 heavy (non-hydrogen) atoms. The van der Waals surface area contributed by atoms with E-state index in [9.17, 15) is 19.5 Å². The van der Waals surface area contributed by atoms with Gasteiger partial charge in [-0.2, -0.15) is 0 Å². The van der Waals surface area contributed by atoms with Crippen molar-refractivity contribution in [1.82, 2.24) is 14.5 Å². The zero-order chi connectivity index (χ0) is 28.8. The van der Waals surface area contributed by atoms with Crippen molar-refractivity contribution in [3.05, 3.63) is 62.4 Å². The standard InChI is InChI=1S/C28H42N4O6/c1-17(2)22(29-26(35)28(6,7)8)15-32-25(34)21(19(5)30-38-18(3)4)14-31(27(32)36)16-23(33)20-12-10-11-13-24(20)37-9/h10-14,17-18,22-23,33H,15-16H2,1-9H3,(H,29,35)/b30-19+/t22-,23?/m1/s1. The fourth-order valence-corrected chi connectivity index (χ4v) is 3.66. The van der Waals surface area contributed by atoms with Crippen LogP contribution in [0.1, 0.15) is 72.6 Å². The molecule has 10 nitrogen and oxygen atoms in total. The summed E-state index contributed by atoms with van der Waals surface area (Å²) in [5.41, 5.74) is -0.855. The summed E-state index contributed by atoms with van der Waals surface area (Å²) >= 11 is 0. The Bertz CT molecular complexity index is 1250. The van der Waals surface area contributed by atoms with Gasteiger partial charge in [0.15, 0.2) is 0 Å². The normalized spacial score (nSPS) is 13.9. The predicted octanol–water partition coefficient (Wildman–Crippen LogP) is 3.09. The summed E-state index contributed by atoms with van der Waals surface area (Å²) < 4.78 is 7.73. The lowest BCUT2D eigenvalue weighted by atomic mass is 9.94. The van der Waals surface area contributed by atoms with Crippen molar-refractivity contribution < 1.29 is 19.5 Å². The van der Waals surface area contributed by atoms with E-state index in [1.807, 2.05) is 27.7 Å². The van der Waals surface area contributed by atoms with Gasteiger partial charge >= 0.3 is 5.69 Å². The first-order chi connectivity index (χ1) is 17.7. The second kappa shape index (κ2) is 12.9. The number of nitrogens with zero attached hydrogens (tertiary/aromatic N) is 3. The molecular weight excluding hydrogens is 488 g/mol. The van der Waals surface area contributed by atoms with E-state index < -0.39 is 28.8 Å². The van der Waals surface area contributed by atoms with Crippen LogP contribution < -0.4 is 21.3 Å². The number of hydrogen-bond acceptors (Lipinski definition) is 7. The Morgan fingerprint density at radius 3 is 2.29 bits per heavy atom. The van der Waals surface area contributed by atoms with Gasteiger partial charge in [-0.05, 0) is 32.8 Å². The van der Waals surface area contributed by atoms with E-state index in [4.69, 9.17) is 9.57 Å². The molecule has 1 aromatic carbocycles. The van der Waals surface area contributed by atoms with Crippen LogP contribution in [0.2, 0.25) is 0 Å². The minimum atomic E-state index is -1.09. The Labute approximate surface area is 224 Å². The number of aliphatic hydroxyl groups is 1. The Balaban J connectivity index is 2.63. The van der Waals surface area contributed by atoms with Crippen LogP contribution in [0.5, 0.6) is 5.75 Å². The van der Waals surface area contributed by atoms with Gasteiger partial charge in [-0.1, -0.05) is 58.0 Å². The van der Waals surface area contributed by atoms with Crippen molar-refractivity contribution in [2.24, 2.45) is 16.5 Å². The van der Waals surface area contributed by atoms with E-state index in [1.54, 1.807) is 52.0 Å². The Morgan fingerprint density at radius 1 is 1.11 bits per heavy atom. The molecule has 0 bridgehead atoms. The van der Waals surface area contributed by atoms with Gasteiger partial charge < -0.3 is 20.0 Å². The number of amides is 1. The number of rotatable bonds is 11. The number of ether oxygens (including phenoxy) is 1. The van der Waals surface area contributed by atoms with E-state index in [1.165, 1.54) is 17.9 Å². The summed E-state index contributed by atoms with van der Waals surface area (Å²) in [6.07, 6.45) is 0.0946. The Kier molecular flexibility index (Phi) is 10.5. The van der Waals surface area contributed by atoms with Gasteiger partial charge in [0.2, 0.25) is 5.91 Å². The van der Waals surface area contributed by atoms with E-state index in [0.29, 0.717) is 11.3 Å². The van der Waals surface area contributed by atoms with Crippen molar-refractivity contribution in [3.63, 3.8) is 0 Å². The topological polar surface area (TPSA) is 124 Å². The van der Waals surface area contributed by atoms with Crippen LogP contribution >= 0.6 is 0 Å². The van der Waals surface area contributed by atoms with Crippen LogP contribution in [0.3, 0.4) is 0 Å². The largest absolute Gasteiger partial charge is 0.496 e. The number of aromatic nitrogens is 2. The lowest BCUT2D eigenvalue weighted by Crippen LogP contribution is -2.51. The molecular formula is C28H42N4O6. The fourth-order valence-electron chi connectivity index (χ4n) is 3.66. The summed E-state index contributed by atoms with van der Waals surface area (Å²) in [5, 5.41) is 18.1. The zero-order valence-corrected chi connectivity index (χ0v) is 23.9. The van der Waals surface area contributed by atoms with Gasteiger partial charge in [0, 0.05) is 23.2 Å². The summed E-state index contributed by atoms with van der Waals surface area (Å²) in [6.45, 7) is 14.3. The van der Waals surface area contributed by atoms with Gasteiger partial charge in [-0.15, -0.1) is 0 Å². The maximum atomic E-state index is 13.6. The van der Waals surface area contributed by atoms with Gasteiger partial charge in [-0.25, -0.2) is 4.79 Å². The molecule has 0 saturated carbocycles. The highest BCUT2D eigenvalue weighted by Gasteiger charge is 2.27. The third-order valence-electron chi connectivity index (χ3n) is 6.08. The fraction of sp³-hybridized carbons (Fsp3) is 0.571. The minimum Gasteiger partial charge on any atom is -0.496 e. The van der Waals surface area contributed by atoms with Crippen molar-refractivity contribution in [2.75, 3.05) is 7.11 Å². The minimum absolute atomic E-state index is 0.0476. The molecule has 0 aliphatic carbocycles. The molecule has 0 aliphatic rings. The molecule has 1 heterocycles. The third kappa shape index (κ3) is 7.80. The van der Waals surface area contributed by atoms with Gasteiger partial charge in [0.1, 0.15) is 18.0 Å². The molecule has 2 rings (SSSR count). The van der Waals surface area contributed by atoms with Gasteiger partial charge in [0.05, 0.1) is 31.5 Å². The molecule has 1 aromatic heterocycles. The molecule has 10 heteroatoms. The van der Waals surface area contributed by atoms with Crippen LogP contribution in [0.15, 0.2) is 45.2 Å². The third-order valence-corrected chi connectivity index (χ3v) is 6.08. The quantitative estimate of drug-likeness (QED) is 0.340. The van der Waals surface area contributed by atoms with E-state index in [2.05, 4.69) is 10.5 Å². The van der Waals surface area contributed by atoms with Crippen LogP contribution in [-0.4, -0.2) is 45.1 Å². The molecule has 0 aliphatic heterocycles. The molecule has 1 amide bonds. The maximum absolute atomic E-state index is 13.6. The molecule has 2 N–H and O–H groups in total. The monoisotopic (exact) mass is 530 g/mol. The number of hydrogen-bond donors (Lipinski definition) is 2. The number of para-hydroxylation sites is 1. The second-order valence-electron chi connectivity index (χ2n) is 11.1. The lowest BCUT2D eigenvalue weighted by molar-refractivity contribution is -0.129. The van der Waals surface area contributed by atoms with Crippen LogP contribution in [-0.2, 0) is 22.7 Å². The molecule has 0 saturated heterocycles. The van der Waals surface area contributed by atoms with Crippen molar-refractivity contribution in [1.29, 1.82) is 0 Å². The molecule has 2 aromatic rings. The van der Waals surface area contributed by atoms with E-state index >= 15 is 0 Å². The Hall–Kier alpha value is -3.40. The SMILES string of the molecule is COc1ccccc1C(O)Cn1cc(/C(C)=N/OC(C)C)c(=O)n(C[C@@H](NC(=O)C(C)(C)C)C(C)C)c1=O. The first-order valence-electron chi connectivity index (χ1n) is 12.8. The van der Waals surface area contributed by atoms with Crippen molar-refractivity contribution in [2.45, 2.75) is 86.7 Å². The maximum Gasteiger partial charge on any atom is 0.331 e. The molecule has 0 radical (unpaired) electrons. The summed E-state index contributed by atoms with van der Waals surface area (Å²) in [7, 11) is 1.50. The summed E-state index contributed by atoms with van der Waals surface area (Å²) in [5.74, 6) is 0.229. The first-order valence-corrected chi connectivity index (χ1v) is 12.8. The number of oxime groups is 1. The molecule has 2 atom stereocenters. The highest BCUT2D eigenvalue weighted by Crippen LogP contribution is 2.25. The molecule has 0 fully saturated rings. The van der Waals surface area contributed by atoms with Gasteiger partial charge in [-0.3, -0.25) is 18.7 Å². The van der Waals surface area contributed by atoms with E-state index in [0.717, 1.165) is 4.57 Å². The van der Waals surface area contributed by atoms with Crippen LogP contribution in [0.4, 0.5) is 0 Å². The predicted molar refractivity (Wildman–Crippen MR) is 148 cm³/mol. The number of aliphatic hydroxyl groups excluding tert-OH is 1. The number of benzene rings is 1. The average molecular weight is 531 g/mol. The highest BCUT2D eigenvalue weighted by molar-refractivity contribution is 5.97. The number of methoxy groups -OCH3 is 1. The second-order valence-corrected chi connectivity index (χ2v) is 11.1. The molecule has 210 valence electrons. The molecule has 0 spiro atoms. The Morgan fingerprint density at radius 2 is 1.74 bits per heavy atom. The van der Waals surface area contributed by atoms with Crippen LogP contribution in [0.25, 0.3) is 0 Å². The van der Waals surface area contributed by atoms with Gasteiger partial charge in [0.25, 0.3) is 5.56 Å². The number of carbonyl (C=O) groups excluding carboxylic acids is 1. The van der Waals surface area contributed by atoms with Crippen molar-refractivity contribution >= 4 is 11.6 Å². The smallest absolute Gasteiger partial charge is 0.331 e. The molecule has 1 unspecified atom stereocenters. The lowest BCUT2D eigenvalue weighted by Gasteiger charge is -2.27. The first kappa shape index (κ1) is 30.8. The average Bonchev–Trinajstić information content (AvgIpc) is 2.84. The van der Waals surface area contributed by atoms with Crippen molar-refractivity contribution in [3.8, 4) is 5.75 Å². The number of carbonyl (C=O) groups is 1.